The molecule has 2 amide bonds. The van der Waals surface area contributed by atoms with Gasteiger partial charge in [-0.25, -0.2) is 27.3 Å². The molecule has 0 aromatic carbocycles. The molecule has 148 valence electrons. The zero-order valence-electron chi connectivity index (χ0n) is 15.3. The average molecular weight is 417 g/mol. The molecule has 2 aromatic rings. The van der Waals surface area contributed by atoms with E-state index in [1.54, 1.807) is 11.6 Å². The van der Waals surface area contributed by atoms with Crippen LogP contribution < -0.4 is 15.1 Å². The Kier molecular flexibility index (Phi) is 5.75. The number of ether oxygens (including phenoxy) is 1. The van der Waals surface area contributed by atoms with Crippen molar-refractivity contribution in [3.8, 4) is 6.01 Å². The lowest BCUT2D eigenvalue weighted by atomic mass is 10.3. The molecule has 2 rings (SSSR count). The molecule has 0 fully saturated rings. The highest BCUT2D eigenvalue weighted by atomic mass is 32.2. The van der Waals surface area contributed by atoms with Crippen LogP contribution in [0.25, 0.3) is 0 Å². The van der Waals surface area contributed by atoms with Gasteiger partial charge in [-0.1, -0.05) is 0 Å². The number of hydrogen-bond donors (Lipinski definition) is 1. The highest BCUT2D eigenvalue weighted by molar-refractivity contribution is 7.90. The largest absolute Gasteiger partial charge is 0.464 e. The number of aromatic nitrogens is 3. The average Bonchev–Trinajstić information content (AvgIpc) is 3.09. The molecule has 0 radical (unpaired) electrons. The number of aryl methyl sites for hydroxylation is 1. The van der Waals surface area contributed by atoms with E-state index in [9.17, 15) is 22.8 Å². The number of hydrogen-bond acceptors (Lipinski definition) is 8. The van der Waals surface area contributed by atoms with Gasteiger partial charge in [-0.3, -0.25) is 4.79 Å². The fraction of sp³-hybridized carbons (Fsp3) is 0.429. The van der Waals surface area contributed by atoms with E-state index in [0.717, 1.165) is 15.9 Å². The van der Waals surface area contributed by atoms with Crippen LogP contribution in [-0.2, 0) is 17.1 Å². The van der Waals surface area contributed by atoms with Crippen molar-refractivity contribution < 1.29 is 22.7 Å². The summed E-state index contributed by atoms with van der Waals surface area (Å²) >= 11 is 1.06. The summed E-state index contributed by atoms with van der Waals surface area (Å²) in [7, 11) is -0.136. The minimum Gasteiger partial charge on any atom is -0.464 e. The summed E-state index contributed by atoms with van der Waals surface area (Å²) in [5, 5.41) is 5.07. The quantitative estimate of drug-likeness (QED) is 0.724. The second-order valence-corrected chi connectivity index (χ2v) is 8.32. The maximum Gasteiger partial charge on any atom is 0.360 e. The van der Waals surface area contributed by atoms with Gasteiger partial charge in [0.25, 0.3) is 15.9 Å². The summed E-state index contributed by atoms with van der Waals surface area (Å²) in [4.78, 5) is 37.9. The fourth-order valence-corrected chi connectivity index (χ4v) is 4.69. The van der Waals surface area contributed by atoms with E-state index in [4.69, 9.17) is 4.74 Å². The molecule has 0 aliphatic heterocycles. The van der Waals surface area contributed by atoms with E-state index in [0.29, 0.717) is 9.56 Å². The van der Waals surface area contributed by atoms with E-state index < -0.39 is 27.7 Å². The van der Waals surface area contributed by atoms with E-state index in [1.807, 2.05) is 0 Å². The number of thiophene rings is 1. The molecule has 0 aliphatic carbocycles. The lowest BCUT2D eigenvalue weighted by Crippen LogP contribution is -2.41. The van der Waals surface area contributed by atoms with E-state index in [-0.39, 0.29) is 23.1 Å². The van der Waals surface area contributed by atoms with Crippen LogP contribution in [0.1, 0.15) is 22.2 Å². The number of sulfonamides is 1. The molecule has 0 unspecified atom stereocenters. The van der Waals surface area contributed by atoms with Crippen molar-refractivity contribution in [3.05, 3.63) is 26.3 Å². The summed E-state index contributed by atoms with van der Waals surface area (Å²) in [5.74, 6) is -0.527. The molecule has 0 atom stereocenters. The monoisotopic (exact) mass is 417 g/mol. The standard InChI is InChI=1S/C14H19N5O6S2/c1-6-25-13-15-19(14(22)18(13)5)12(21)16-27(23,24)10-8(2)26-7-9(10)11(20)17(3)4/h7H,6H2,1-5H3,(H,16,21). The van der Waals surface area contributed by atoms with Crippen LogP contribution in [-0.4, -0.2) is 60.3 Å². The Bertz CT molecular complexity index is 1050. The van der Waals surface area contributed by atoms with E-state index in [2.05, 4.69) is 5.10 Å². The lowest BCUT2D eigenvalue weighted by molar-refractivity contribution is 0.0824. The van der Waals surface area contributed by atoms with Crippen LogP contribution in [0.15, 0.2) is 15.1 Å². The molecule has 2 aromatic heterocycles. The zero-order valence-corrected chi connectivity index (χ0v) is 17.0. The Morgan fingerprint density at radius 2 is 2.00 bits per heavy atom. The Labute approximate surface area is 159 Å². The minimum atomic E-state index is -4.42. The molecule has 0 saturated heterocycles. The minimum absolute atomic E-state index is 0.0637. The highest BCUT2D eigenvalue weighted by Gasteiger charge is 2.30. The molecule has 11 nitrogen and oxygen atoms in total. The third-order valence-electron chi connectivity index (χ3n) is 3.45. The van der Waals surface area contributed by atoms with Crippen molar-refractivity contribution in [2.75, 3.05) is 20.7 Å². The van der Waals surface area contributed by atoms with Gasteiger partial charge in [-0.15, -0.1) is 21.1 Å². The molecule has 1 N–H and O–H groups in total. The third-order valence-corrected chi connectivity index (χ3v) is 6.00. The van der Waals surface area contributed by atoms with Crippen molar-refractivity contribution in [2.24, 2.45) is 7.05 Å². The van der Waals surface area contributed by atoms with Gasteiger partial charge in [0, 0.05) is 31.4 Å². The Hall–Kier alpha value is -2.67. The van der Waals surface area contributed by atoms with Crippen molar-refractivity contribution in [1.29, 1.82) is 0 Å². The van der Waals surface area contributed by atoms with Crippen LogP contribution >= 0.6 is 11.3 Å². The first-order valence-corrected chi connectivity index (χ1v) is 10.0. The summed E-state index contributed by atoms with van der Waals surface area (Å²) in [6.45, 7) is 3.38. The van der Waals surface area contributed by atoms with Crippen LogP contribution in [0, 0.1) is 6.92 Å². The van der Waals surface area contributed by atoms with Crippen LogP contribution in [0.2, 0.25) is 0 Å². The maximum absolute atomic E-state index is 12.7. The zero-order chi connectivity index (χ0) is 20.5. The molecular weight excluding hydrogens is 398 g/mol. The number of nitrogens with zero attached hydrogens (tertiary/aromatic N) is 4. The Morgan fingerprint density at radius 3 is 2.56 bits per heavy atom. The number of amides is 2. The summed E-state index contributed by atoms with van der Waals surface area (Å²) in [5.41, 5.74) is -0.941. The second-order valence-electron chi connectivity index (χ2n) is 5.61. The van der Waals surface area contributed by atoms with Crippen molar-refractivity contribution >= 4 is 33.3 Å². The SMILES string of the molecule is CCOc1nn(C(=O)NS(=O)(=O)c2c(C(=O)N(C)C)csc2C)c(=O)n1C. The molecule has 13 heteroatoms. The van der Waals surface area contributed by atoms with Gasteiger partial charge < -0.3 is 9.64 Å². The molecule has 2 heterocycles. The fourth-order valence-electron chi connectivity index (χ4n) is 2.18. The number of rotatable bonds is 5. The lowest BCUT2D eigenvalue weighted by Gasteiger charge is -2.12. The normalized spacial score (nSPS) is 11.3. The molecular formula is C14H19N5O6S2. The summed E-state index contributed by atoms with van der Waals surface area (Å²) in [6.07, 6.45) is 0. The highest BCUT2D eigenvalue weighted by Crippen LogP contribution is 2.27. The number of nitrogens with one attached hydrogen (secondary N) is 1. The van der Waals surface area contributed by atoms with Gasteiger partial charge in [0.1, 0.15) is 4.90 Å². The molecule has 0 spiro atoms. The van der Waals surface area contributed by atoms with E-state index in [1.165, 1.54) is 38.3 Å². The number of carbonyl (C=O) groups is 2. The summed E-state index contributed by atoms with van der Waals surface area (Å²) < 4.78 is 33.6. The molecule has 0 saturated carbocycles. The third kappa shape index (κ3) is 3.88. The van der Waals surface area contributed by atoms with Gasteiger partial charge in [-0.2, -0.15) is 0 Å². The Morgan fingerprint density at radius 1 is 1.37 bits per heavy atom. The molecule has 0 aliphatic rings. The predicted molar refractivity (Wildman–Crippen MR) is 96.8 cm³/mol. The van der Waals surface area contributed by atoms with Gasteiger partial charge >= 0.3 is 17.7 Å². The first-order valence-electron chi connectivity index (χ1n) is 7.67. The van der Waals surface area contributed by atoms with Crippen LogP contribution in [0.3, 0.4) is 0 Å². The first kappa shape index (κ1) is 20.6. The van der Waals surface area contributed by atoms with Crippen LogP contribution in [0.4, 0.5) is 4.79 Å². The maximum atomic E-state index is 12.7. The van der Waals surface area contributed by atoms with Gasteiger partial charge in [0.2, 0.25) is 0 Å². The first-order chi connectivity index (χ1) is 12.5. The van der Waals surface area contributed by atoms with Gasteiger partial charge in [-0.05, 0) is 13.8 Å². The number of carbonyl (C=O) groups excluding carboxylic acids is 2. The molecule has 27 heavy (non-hydrogen) atoms. The van der Waals surface area contributed by atoms with Gasteiger partial charge in [0.15, 0.2) is 0 Å². The van der Waals surface area contributed by atoms with Gasteiger partial charge in [0.05, 0.1) is 12.2 Å². The van der Waals surface area contributed by atoms with E-state index >= 15 is 0 Å². The topological polar surface area (TPSA) is 133 Å². The smallest absolute Gasteiger partial charge is 0.360 e. The Balaban J connectivity index is 2.42. The van der Waals surface area contributed by atoms with Crippen LogP contribution in [0.5, 0.6) is 6.01 Å². The van der Waals surface area contributed by atoms with Crippen molar-refractivity contribution in [1.82, 2.24) is 24.0 Å². The summed E-state index contributed by atoms with van der Waals surface area (Å²) in [6, 6.07) is -1.42. The molecule has 0 bridgehead atoms. The second kappa shape index (κ2) is 7.52. The van der Waals surface area contributed by atoms with Crippen molar-refractivity contribution in [3.63, 3.8) is 0 Å². The van der Waals surface area contributed by atoms with Crippen molar-refractivity contribution in [2.45, 2.75) is 18.7 Å². The predicted octanol–water partition coefficient (Wildman–Crippen LogP) is -0.00118.